The summed E-state index contributed by atoms with van der Waals surface area (Å²) in [6.07, 6.45) is 2.61. The number of carbonyl (C=O) groups is 2. The van der Waals surface area contributed by atoms with Crippen LogP contribution in [0.2, 0.25) is 0 Å². The van der Waals surface area contributed by atoms with E-state index < -0.39 is 40.5 Å². The fraction of sp³-hybridized carbons (Fsp3) is 0.167. The van der Waals surface area contributed by atoms with Crippen LogP contribution < -0.4 is 10.9 Å². The average Bonchev–Trinajstić information content (AvgIpc) is 2.88. The topological polar surface area (TPSA) is 198 Å². The molecule has 16 heteroatoms. The predicted octanol–water partition coefficient (Wildman–Crippen LogP) is 3.73. The molecule has 0 bridgehead atoms. The van der Waals surface area contributed by atoms with Gasteiger partial charge < -0.3 is 19.8 Å². The number of aromatic carboxylic acids is 1. The third-order valence-corrected chi connectivity index (χ3v) is 6.75. The number of halogens is 2. The molecule has 0 radical (unpaired) electrons. The summed E-state index contributed by atoms with van der Waals surface area (Å²) in [5, 5.41) is 9.70. The Morgan fingerprint density at radius 2 is 1.18 bits per heavy atom. The summed E-state index contributed by atoms with van der Waals surface area (Å²) >= 11 is 5.25. The van der Waals surface area contributed by atoms with Crippen LogP contribution in [0.25, 0.3) is 21.8 Å². The minimum absolute atomic E-state index is 0.0334. The van der Waals surface area contributed by atoms with Gasteiger partial charge in [-0.15, -0.1) is 0 Å². The number of aromatic nitrogens is 2. The maximum Gasteiger partial charge on any atom is 0.343 e. The standard InChI is InChI=1S/C13H12BrNO3.C11H8BrNO3.2O2S/c1-3-18-13(17)9-6-15-11-5-10(14)7(2)4-8(11)12(9)16;1-5-2-6-9(3-8(5)12)13-4-7(10(6)14)11(15)16;2*1-3-2/h4-6H,3H2,1-2H3,(H,15,16);2-4H,1H3,(H,13,14)(H,15,16);;. The third-order valence-electron chi connectivity index (χ3n) is 5.05. The molecule has 0 aliphatic heterocycles. The lowest BCUT2D eigenvalue weighted by atomic mass is 10.1. The Morgan fingerprint density at radius 3 is 1.55 bits per heavy atom. The zero-order valence-corrected chi connectivity index (χ0v) is 25.7. The summed E-state index contributed by atoms with van der Waals surface area (Å²) in [7, 11) is 0. The SMILES string of the molecule is CCOC(=O)c1c[nH]c2cc(Br)c(C)cc2c1=O.Cc1cc2c(=O)c(C(=O)O)c[nH]c2cc1Br.O=S=O.O=S=O. The second-order valence-electron chi connectivity index (χ2n) is 7.52. The van der Waals surface area contributed by atoms with Crippen molar-refractivity contribution in [3.63, 3.8) is 0 Å². The number of esters is 1. The van der Waals surface area contributed by atoms with E-state index in [0.717, 1.165) is 20.1 Å². The van der Waals surface area contributed by atoms with Gasteiger partial charge in [0.05, 0.1) is 17.6 Å². The first-order valence-electron chi connectivity index (χ1n) is 10.7. The van der Waals surface area contributed by atoms with Gasteiger partial charge in [-0.1, -0.05) is 31.9 Å². The molecule has 4 aromatic rings. The lowest BCUT2D eigenvalue weighted by Crippen LogP contribution is -2.18. The predicted molar refractivity (Wildman–Crippen MR) is 155 cm³/mol. The number of aryl methyl sites for hydroxylation is 2. The summed E-state index contributed by atoms with van der Waals surface area (Å²) in [4.78, 5) is 52.1. The van der Waals surface area contributed by atoms with Gasteiger partial charge >= 0.3 is 35.1 Å². The summed E-state index contributed by atoms with van der Waals surface area (Å²) in [5.41, 5.74) is 2.16. The first-order chi connectivity index (χ1) is 18.9. The number of ether oxygens (including phenoxy) is 1. The third kappa shape index (κ3) is 8.97. The minimum atomic E-state index is -1.22. The molecular formula is C24H20Br2N2O10S2. The Morgan fingerprint density at radius 1 is 0.800 bits per heavy atom. The maximum atomic E-state index is 12.2. The van der Waals surface area contributed by atoms with Crippen molar-refractivity contribution in [2.45, 2.75) is 20.8 Å². The Hall–Kier alpha value is -3.60. The van der Waals surface area contributed by atoms with Crippen LogP contribution in [0.15, 0.2) is 55.2 Å². The Balaban J connectivity index is 0.000000336. The van der Waals surface area contributed by atoms with E-state index in [1.54, 1.807) is 25.1 Å². The average molecular weight is 720 g/mol. The van der Waals surface area contributed by atoms with Gasteiger partial charge in [0.2, 0.25) is 10.9 Å². The number of H-pyrrole nitrogens is 2. The molecule has 12 nitrogen and oxygen atoms in total. The van der Waals surface area contributed by atoms with Gasteiger partial charge in [-0.3, -0.25) is 9.59 Å². The lowest BCUT2D eigenvalue weighted by Gasteiger charge is -2.05. The van der Waals surface area contributed by atoms with Gasteiger partial charge in [0.15, 0.2) is 0 Å². The van der Waals surface area contributed by atoms with Crippen molar-refractivity contribution in [2.75, 3.05) is 6.61 Å². The Bertz CT molecular complexity index is 1750. The number of carboxylic acids is 1. The molecule has 3 N–H and O–H groups in total. The second kappa shape index (κ2) is 16.5. The summed E-state index contributed by atoms with van der Waals surface area (Å²) in [6.45, 7) is 5.68. The van der Waals surface area contributed by atoms with Crippen molar-refractivity contribution in [1.82, 2.24) is 9.97 Å². The van der Waals surface area contributed by atoms with Crippen LogP contribution in [-0.4, -0.2) is 50.5 Å². The molecule has 0 aliphatic carbocycles. The fourth-order valence-corrected chi connectivity index (χ4v) is 3.90. The molecule has 0 saturated heterocycles. The molecule has 2 aromatic heterocycles. The van der Waals surface area contributed by atoms with Gasteiger partial charge in [0, 0.05) is 32.1 Å². The van der Waals surface area contributed by atoms with Gasteiger partial charge in [-0.25, -0.2) is 9.59 Å². The number of fused-ring (bicyclic) bond motifs is 2. The van der Waals surface area contributed by atoms with Crippen molar-refractivity contribution in [3.05, 3.63) is 88.3 Å². The molecule has 0 spiro atoms. The van der Waals surface area contributed by atoms with Crippen molar-refractivity contribution in [1.29, 1.82) is 0 Å². The molecule has 2 heterocycles. The van der Waals surface area contributed by atoms with E-state index in [2.05, 4.69) is 41.8 Å². The van der Waals surface area contributed by atoms with Crippen LogP contribution in [0.4, 0.5) is 0 Å². The second-order valence-corrected chi connectivity index (χ2v) is 9.50. The number of pyridine rings is 2. The van der Waals surface area contributed by atoms with E-state index in [0.29, 0.717) is 21.8 Å². The number of hydrogen-bond acceptors (Lipinski definition) is 9. The van der Waals surface area contributed by atoms with Crippen LogP contribution >= 0.6 is 31.9 Å². The number of benzene rings is 2. The van der Waals surface area contributed by atoms with E-state index >= 15 is 0 Å². The summed E-state index contributed by atoms with van der Waals surface area (Å²) < 4.78 is 39.8. The lowest BCUT2D eigenvalue weighted by molar-refractivity contribution is 0.0524. The Labute approximate surface area is 249 Å². The van der Waals surface area contributed by atoms with Crippen molar-refractivity contribution >= 4 is 88.7 Å². The van der Waals surface area contributed by atoms with Crippen LogP contribution in [-0.2, 0) is 27.9 Å². The molecule has 0 aliphatic rings. The summed E-state index contributed by atoms with van der Waals surface area (Å²) in [6, 6.07) is 7.00. The van der Waals surface area contributed by atoms with Crippen molar-refractivity contribution in [2.24, 2.45) is 0 Å². The quantitative estimate of drug-likeness (QED) is 0.262. The smallest absolute Gasteiger partial charge is 0.343 e. The maximum absolute atomic E-state index is 12.2. The van der Waals surface area contributed by atoms with E-state index in [1.807, 2.05) is 19.9 Å². The first kappa shape index (κ1) is 34.4. The number of carbonyl (C=O) groups excluding carboxylic acids is 1. The van der Waals surface area contributed by atoms with E-state index in [4.69, 9.17) is 26.7 Å². The van der Waals surface area contributed by atoms with E-state index in [-0.39, 0.29) is 23.2 Å². The zero-order valence-electron chi connectivity index (χ0n) is 20.9. The fourth-order valence-electron chi connectivity index (χ4n) is 3.22. The highest BCUT2D eigenvalue weighted by Crippen LogP contribution is 2.22. The van der Waals surface area contributed by atoms with Gasteiger partial charge in [0.25, 0.3) is 0 Å². The highest BCUT2D eigenvalue weighted by molar-refractivity contribution is 9.10. The van der Waals surface area contributed by atoms with Crippen LogP contribution in [0.5, 0.6) is 0 Å². The number of aromatic amines is 2. The molecule has 0 atom stereocenters. The van der Waals surface area contributed by atoms with Gasteiger partial charge in [0.1, 0.15) is 11.1 Å². The largest absolute Gasteiger partial charge is 0.477 e. The van der Waals surface area contributed by atoms with Crippen molar-refractivity contribution < 1.29 is 36.3 Å². The molecule has 40 heavy (non-hydrogen) atoms. The monoisotopic (exact) mass is 718 g/mol. The van der Waals surface area contributed by atoms with Gasteiger partial charge in [-0.05, 0) is 56.2 Å². The molecule has 0 unspecified atom stereocenters. The molecule has 2 aromatic carbocycles. The van der Waals surface area contributed by atoms with Crippen LogP contribution in [0, 0.1) is 13.8 Å². The van der Waals surface area contributed by atoms with Crippen LogP contribution in [0.1, 0.15) is 38.8 Å². The summed E-state index contributed by atoms with van der Waals surface area (Å²) in [5.74, 6) is -1.81. The molecule has 212 valence electrons. The zero-order chi connectivity index (χ0) is 30.6. The number of rotatable bonds is 3. The van der Waals surface area contributed by atoms with Gasteiger partial charge in [-0.2, -0.15) is 16.8 Å². The molecule has 0 amide bonds. The van der Waals surface area contributed by atoms with Crippen LogP contribution in [0.3, 0.4) is 0 Å². The van der Waals surface area contributed by atoms with Crippen molar-refractivity contribution in [3.8, 4) is 0 Å². The molecule has 0 saturated carbocycles. The number of hydrogen-bond donors (Lipinski definition) is 3. The highest BCUT2D eigenvalue weighted by atomic mass is 79.9. The molecule has 4 rings (SSSR count). The Kier molecular flexibility index (Phi) is 14.2. The number of nitrogens with one attached hydrogen (secondary N) is 2. The van der Waals surface area contributed by atoms with E-state index in [1.165, 1.54) is 12.4 Å². The normalized spacial score (nSPS) is 9.62. The molecular weight excluding hydrogens is 700 g/mol. The van der Waals surface area contributed by atoms with E-state index in [9.17, 15) is 19.2 Å². The molecule has 0 fully saturated rings. The first-order valence-corrected chi connectivity index (χ1v) is 13.7. The highest BCUT2D eigenvalue weighted by Gasteiger charge is 2.15. The minimum Gasteiger partial charge on any atom is -0.477 e. The number of carboxylic acid groups (broad SMARTS) is 1.